The number of carbonyl (C=O) groups is 1. The molecule has 1 fully saturated rings. The van der Waals surface area contributed by atoms with E-state index < -0.39 is 16.1 Å². The van der Waals surface area contributed by atoms with Crippen LogP contribution in [0.25, 0.3) is 0 Å². The Kier molecular flexibility index (Phi) is 4.86. The molecular weight excluding hydrogens is 400 g/mol. The summed E-state index contributed by atoms with van der Waals surface area (Å²) in [4.78, 5) is 12.5. The van der Waals surface area contributed by atoms with Crippen LogP contribution >= 0.6 is 27.3 Å². The molecule has 8 heteroatoms. The number of hydrogen-bond donors (Lipinski definition) is 1. The van der Waals surface area contributed by atoms with E-state index in [1.54, 1.807) is 29.6 Å². The second-order valence-electron chi connectivity index (χ2n) is 5.20. The average Bonchev–Trinajstić information content (AvgIpc) is 3.21. The number of anilines is 1. The maximum atomic E-state index is 12.7. The maximum Gasteiger partial charge on any atom is 0.253 e. The van der Waals surface area contributed by atoms with Gasteiger partial charge in [-0.2, -0.15) is 4.31 Å². The minimum absolute atomic E-state index is 0.279. The Balaban J connectivity index is 1.79. The number of halogens is 1. The SMILES string of the molecule is O=C(Nc1ccc(Br)cc1)[C@@H]1CCCN1S(=O)(=O)c1cccs1. The molecule has 2 aromatic rings. The molecule has 0 radical (unpaired) electrons. The van der Waals surface area contributed by atoms with Gasteiger partial charge in [0.1, 0.15) is 10.3 Å². The highest BCUT2D eigenvalue weighted by Crippen LogP contribution is 2.29. The van der Waals surface area contributed by atoms with Gasteiger partial charge in [0.15, 0.2) is 0 Å². The van der Waals surface area contributed by atoms with Crippen molar-refractivity contribution < 1.29 is 13.2 Å². The van der Waals surface area contributed by atoms with Gasteiger partial charge in [-0.1, -0.05) is 22.0 Å². The zero-order valence-electron chi connectivity index (χ0n) is 12.1. The lowest BCUT2D eigenvalue weighted by atomic mass is 10.2. The summed E-state index contributed by atoms with van der Waals surface area (Å²) in [5.74, 6) is -0.287. The Morgan fingerprint density at radius 1 is 1.26 bits per heavy atom. The van der Waals surface area contributed by atoms with Crippen molar-refractivity contribution in [2.24, 2.45) is 0 Å². The third-order valence-corrected chi connectivity index (χ3v) is 7.49. The molecule has 5 nitrogen and oxygen atoms in total. The fourth-order valence-corrected chi connectivity index (χ4v) is 5.61. The molecule has 1 saturated heterocycles. The smallest absolute Gasteiger partial charge is 0.253 e. The van der Waals surface area contributed by atoms with Crippen LogP contribution in [-0.4, -0.2) is 31.2 Å². The van der Waals surface area contributed by atoms with E-state index in [4.69, 9.17) is 0 Å². The fraction of sp³-hybridized carbons (Fsp3) is 0.267. The van der Waals surface area contributed by atoms with Crippen LogP contribution in [0.2, 0.25) is 0 Å². The van der Waals surface area contributed by atoms with Crippen molar-refractivity contribution in [3.05, 3.63) is 46.3 Å². The number of nitrogens with one attached hydrogen (secondary N) is 1. The molecule has 2 heterocycles. The number of carbonyl (C=O) groups excluding carboxylic acids is 1. The highest BCUT2D eigenvalue weighted by molar-refractivity contribution is 9.10. The summed E-state index contributed by atoms with van der Waals surface area (Å²) >= 11 is 4.51. The Bertz CT molecular complexity index is 789. The quantitative estimate of drug-likeness (QED) is 0.834. The second-order valence-corrected chi connectivity index (χ2v) is 9.18. The first-order valence-electron chi connectivity index (χ1n) is 7.10. The van der Waals surface area contributed by atoms with Crippen LogP contribution < -0.4 is 5.32 Å². The third-order valence-electron chi connectivity index (χ3n) is 3.68. The summed E-state index contributed by atoms with van der Waals surface area (Å²) in [5, 5.41) is 4.52. The predicted octanol–water partition coefficient (Wildman–Crippen LogP) is 3.30. The molecule has 1 aliphatic rings. The van der Waals surface area contributed by atoms with Crippen molar-refractivity contribution in [1.29, 1.82) is 0 Å². The zero-order chi connectivity index (χ0) is 16.4. The van der Waals surface area contributed by atoms with Crippen molar-refractivity contribution in [1.82, 2.24) is 4.31 Å². The van der Waals surface area contributed by atoms with Crippen LogP contribution in [-0.2, 0) is 14.8 Å². The van der Waals surface area contributed by atoms with E-state index in [1.807, 2.05) is 12.1 Å². The number of nitrogens with zero attached hydrogens (tertiary/aromatic N) is 1. The van der Waals surface area contributed by atoms with Crippen LogP contribution in [0.4, 0.5) is 5.69 Å². The number of rotatable bonds is 4. The standard InChI is InChI=1S/C15H15BrN2O3S2/c16-11-5-7-12(8-6-11)17-15(19)13-3-1-9-18(13)23(20,21)14-4-2-10-22-14/h2,4-8,10,13H,1,3,9H2,(H,17,19)/t13-/m0/s1. The molecule has 122 valence electrons. The summed E-state index contributed by atoms with van der Waals surface area (Å²) in [5.41, 5.74) is 0.651. The highest BCUT2D eigenvalue weighted by Gasteiger charge is 2.39. The molecule has 3 rings (SSSR count). The second kappa shape index (κ2) is 6.72. The number of hydrogen-bond acceptors (Lipinski definition) is 4. The first kappa shape index (κ1) is 16.6. The summed E-state index contributed by atoms with van der Waals surface area (Å²) in [7, 11) is -3.61. The van der Waals surface area contributed by atoms with Crippen LogP contribution in [0, 0.1) is 0 Å². The summed E-state index contributed by atoms with van der Waals surface area (Å²) in [6.07, 6.45) is 1.22. The largest absolute Gasteiger partial charge is 0.325 e. The first-order chi connectivity index (χ1) is 11.0. The van der Waals surface area contributed by atoms with E-state index >= 15 is 0 Å². The van der Waals surface area contributed by atoms with E-state index in [9.17, 15) is 13.2 Å². The number of benzene rings is 1. The van der Waals surface area contributed by atoms with Gasteiger partial charge >= 0.3 is 0 Å². The minimum Gasteiger partial charge on any atom is -0.325 e. The van der Waals surface area contributed by atoms with Gasteiger partial charge in [-0.3, -0.25) is 4.79 Å². The molecule has 1 N–H and O–H groups in total. The highest BCUT2D eigenvalue weighted by atomic mass is 79.9. The van der Waals surface area contributed by atoms with Crippen molar-refractivity contribution in [3.8, 4) is 0 Å². The Hall–Kier alpha value is -1.22. The van der Waals surface area contributed by atoms with Gasteiger partial charge in [0.2, 0.25) is 5.91 Å². The molecule has 23 heavy (non-hydrogen) atoms. The summed E-state index contributed by atoms with van der Waals surface area (Å²) in [6.45, 7) is 0.374. The Morgan fingerprint density at radius 3 is 2.65 bits per heavy atom. The Morgan fingerprint density at radius 2 is 2.00 bits per heavy atom. The van der Waals surface area contributed by atoms with Crippen LogP contribution in [0.1, 0.15) is 12.8 Å². The minimum atomic E-state index is -3.61. The van der Waals surface area contributed by atoms with Crippen molar-refractivity contribution >= 4 is 48.9 Å². The average molecular weight is 415 g/mol. The molecule has 0 bridgehead atoms. The lowest BCUT2D eigenvalue weighted by Gasteiger charge is -2.22. The number of amides is 1. The molecular formula is C15H15BrN2O3S2. The molecule has 0 aliphatic carbocycles. The van der Waals surface area contributed by atoms with Crippen LogP contribution in [0.15, 0.2) is 50.5 Å². The van der Waals surface area contributed by atoms with Crippen molar-refractivity contribution in [3.63, 3.8) is 0 Å². The molecule has 1 aromatic heterocycles. The molecule has 0 saturated carbocycles. The monoisotopic (exact) mass is 414 g/mol. The van der Waals surface area contributed by atoms with E-state index in [0.29, 0.717) is 25.1 Å². The summed E-state index contributed by atoms with van der Waals surface area (Å²) < 4.78 is 27.8. The number of thiophene rings is 1. The first-order valence-corrected chi connectivity index (χ1v) is 10.2. The van der Waals surface area contributed by atoms with E-state index in [2.05, 4.69) is 21.2 Å². The molecule has 1 amide bonds. The van der Waals surface area contributed by atoms with Gasteiger partial charge in [-0.25, -0.2) is 8.42 Å². The van der Waals surface area contributed by atoms with Crippen LogP contribution in [0.5, 0.6) is 0 Å². The van der Waals surface area contributed by atoms with E-state index in [0.717, 1.165) is 4.47 Å². The molecule has 1 atom stereocenters. The normalized spacial score (nSPS) is 18.9. The lowest BCUT2D eigenvalue weighted by molar-refractivity contribution is -0.119. The zero-order valence-corrected chi connectivity index (χ0v) is 15.3. The van der Waals surface area contributed by atoms with Crippen molar-refractivity contribution in [2.75, 3.05) is 11.9 Å². The molecule has 1 aromatic carbocycles. The number of sulfonamides is 1. The summed E-state index contributed by atoms with van der Waals surface area (Å²) in [6, 6.07) is 9.80. The molecule has 0 spiro atoms. The van der Waals surface area contributed by atoms with Gasteiger partial charge in [-0.05, 0) is 48.6 Å². The third kappa shape index (κ3) is 3.50. The van der Waals surface area contributed by atoms with Gasteiger partial charge in [0.25, 0.3) is 10.0 Å². The van der Waals surface area contributed by atoms with E-state index in [-0.39, 0.29) is 10.1 Å². The van der Waals surface area contributed by atoms with Crippen LogP contribution in [0.3, 0.4) is 0 Å². The molecule has 0 unspecified atom stereocenters. The van der Waals surface area contributed by atoms with Gasteiger partial charge in [-0.15, -0.1) is 11.3 Å². The topological polar surface area (TPSA) is 66.5 Å². The fourth-order valence-electron chi connectivity index (χ4n) is 2.57. The van der Waals surface area contributed by atoms with E-state index in [1.165, 1.54) is 15.6 Å². The lowest BCUT2D eigenvalue weighted by Crippen LogP contribution is -2.42. The van der Waals surface area contributed by atoms with Gasteiger partial charge in [0, 0.05) is 16.7 Å². The molecule has 1 aliphatic heterocycles. The van der Waals surface area contributed by atoms with Crippen molar-refractivity contribution in [2.45, 2.75) is 23.1 Å². The van der Waals surface area contributed by atoms with Gasteiger partial charge in [0.05, 0.1) is 0 Å². The maximum absolute atomic E-state index is 12.7. The van der Waals surface area contributed by atoms with Gasteiger partial charge < -0.3 is 5.32 Å². The predicted molar refractivity (Wildman–Crippen MR) is 94.0 cm³/mol. The Labute approximate surface area is 147 Å².